The summed E-state index contributed by atoms with van der Waals surface area (Å²) in [4.78, 5) is 23.7. The topological polar surface area (TPSA) is 66.4 Å². The SMILES string of the molecule is Cc1ccc(C[C@H](NC(=O)c2cc(C(F)(F)F)cc(C(F)(F)F)c2)C(=O)O)cc1. The number of aliphatic carboxylic acids is 1. The average Bonchev–Trinajstić information content (AvgIpc) is 2.61. The van der Waals surface area contributed by atoms with Crippen LogP contribution in [-0.4, -0.2) is 23.0 Å². The fraction of sp³-hybridized carbons (Fsp3) is 0.263. The number of nitrogens with one attached hydrogen (secondary N) is 1. The Morgan fingerprint density at radius 2 is 1.41 bits per heavy atom. The molecule has 0 heterocycles. The van der Waals surface area contributed by atoms with Crippen LogP contribution >= 0.6 is 0 Å². The Bertz CT molecular complexity index is 871. The number of hydrogen-bond donors (Lipinski definition) is 2. The van der Waals surface area contributed by atoms with Crippen molar-refractivity contribution in [2.24, 2.45) is 0 Å². The van der Waals surface area contributed by atoms with Crippen LogP contribution in [0.25, 0.3) is 0 Å². The molecule has 0 aliphatic heterocycles. The summed E-state index contributed by atoms with van der Waals surface area (Å²) in [5, 5.41) is 11.3. The molecule has 2 aromatic rings. The van der Waals surface area contributed by atoms with E-state index < -0.39 is 47.0 Å². The summed E-state index contributed by atoms with van der Waals surface area (Å²) in [6.45, 7) is 1.80. The van der Waals surface area contributed by atoms with Gasteiger partial charge in [-0.2, -0.15) is 26.3 Å². The smallest absolute Gasteiger partial charge is 0.416 e. The van der Waals surface area contributed by atoms with Crippen molar-refractivity contribution in [3.63, 3.8) is 0 Å². The maximum Gasteiger partial charge on any atom is 0.416 e. The fourth-order valence-corrected chi connectivity index (χ4v) is 2.49. The summed E-state index contributed by atoms with van der Waals surface area (Å²) < 4.78 is 77.5. The maximum atomic E-state index is 12.9. The second-order valence-electron chi connectivity index (χ2n) is 6.35. The second kappa shape index (κ2) is 8.14. The van der Waals surface area contributed by atoms with E-state index in [1.165, 1.54) is 0 Å². The number of halogens is 6. The van der Waals surface area contributed by atoms with Gasteiger partial charge < -0.3 is 10.4 Å². The van der Waals surface area contributed by atoms with Gasteiger partial charge in [0.1, 0.15) is 6.04 Å². The fourth-order valence-electron chi connectivity index (χ4n) is 2.49. The van der Waals surface area contributed by atoms with Crippen molar-refractivity contribution in [2.45, 2.75) is 31.7 Å². The molecule has 0 bridgehead atoms. The molecule has 0 unspecified atom stereocenters. The quantitative estimate of drug-likeness (QED) is 0.704. The van der Waals surface area contributed by atoms with Gasteiger partial charge in [-0.3, -0.25) is 4.79 Å². The number of hydrogen-bond acceptors (Lipinski definition) is 2. The van der Waals surface area contributed by atoms with E-state index in [9.17, 15) is 41.0 Å². The molecule has 0 saturated heterocycles. The molecule has 0 aliphatic carbocycles. The van der Waals surface area contributed by atoms with Crippen LogP contribution in [0.3, 0.4) is 0 Å². The van der Waals surface area contributed by atoms with Crippen LogP contribution in [0, 0.1) is 6.92 Å². The van der Waals surface area contributed by atoms with E-state index in [0.29, 0.717) is 5.56 Å². The van der Waals surface area contributed by atoms with Crippen LogP contribution in [0.5, 0.6) is 0 Å². The standard InChI is InChI=1S/C19H15F6NO3/c1-10-2-4-11(5-3-10)6-15(17(28)29)26-16(27)12-7-13(18(20,21)22)9-14(8-12)19(23,24)25/h2-5,7-9,15H,6H2,1H3,(H,26,27)(H,28,29)/t15-/m0/s1. The molecule has 10 heteroatoms. The molecule has 1 atom stereocenters. The molecule has 1 amide bonds. The van der Waals surface area contributed by atoms with Crippen molar-refractivity contribution in [3.8, 4) is 0 Å². The number of rotatable bonds is 5. The van der Waals surface area contributed by atoms with Crippen molar-refractivity contribution in [1.82, 2.24) is 5.32 Å². The Morgan fingerprint density at radius 3 is 1.83 bits per heavy atom. The molecule has 156 valence electrons. The number of amides is 1. The number of carbonyl (C=O) groups is 2. The van der Waals surface area contributed by atoms with Gasteiger partial charge >= 0.3 is 18.3 Å². The first kappa shape index (κ1) is 22.3. The molecule has 2 aromatic carbocycles. The zero-order valence-corrected chi connectivity index (χ0v) is 14.9. The Labute approximate surface area is 161 Å². The molecule has 0 spiro atoms. The lowest BCUT2D eigenvalue weighted by molar-refractivity contribution is -0.143. The minimum Gasteiger partial charge on any atom is -0.480 e. The summed E-state index contributed by atoms with van der Waals surface area (Å²) >= 11 is 0. The third kappa shape index (κ3) is 5.97. The van der Waals surface area contributed by atoms with E-state index in [0.717, 1.165) is 5.56 Å². The summed E-state index contributed by atoms with van der Waals surface area (Å²) in [6.07, 6.45) is -10.4. The van der Waals surface area contributed by atoms with Crippen LogP contribution in [0.1, 0.15) is 32.6 Å². The van der Waals surface area contributed by atoms with Gasteiger partial charge in [0.2, 0.25) is 0 Å². The summed E-state index contributed by atoms with van der Waals surface area (Å²) in [5.41, 5.74) is -2.86. The second-order valence-corrected chi connectivity index (χ2v) is 6.35. The maximum absolute atomic E-state index is 12.9. The van der Waals surface area contributed by atoms with E-state index in [1.54, 1.807) is 31.2 Å². The summed E-state index contributed by atoms with van der Waals surface area (Å²) in [5.74, 6) is -2.84. The first-order valence-corrected chi connectivity index (χ1v) is 8.16. The molecule has 2 rings (SSSR count). The normalized spacial score (nSPS) is 13.1. The molecule has 0 aromatic heterocycles. The largest absolute Gasteiger partial charge is 0.480 e. The molecule has 0 saturated carbocycles. The number of aryl methyl sites for hydroxylation is 1. The Morgan fingerprint density at radius 1 is 0.931 bits per heavy atom. The van der Waals surface area contributed by atoms with Crippen LogP contribution in [-0.2, 0) is 23.6 Å². The Hall–Kier alpha value is -3.04. The van der Waals surface area contributed by atoms with Gasteiger partial charge in [-0.25, -0.2) is 4.79 Å². The van der Waals surface area contributed by atoms with E-state index in [1.807, 2.05) is 5.32 Å². The van der Waals surface area contributed by atoms with Crippen molar-refractivity contribution in [3.05, 3.63) is 70.3 Å². The monoisotopic (exact) mass is 419 g/mol. The lowest BCUT2D eigenvalue weighted by Crippen LogP contribution is -2.42. The minimum atomic E-state index is -5.12. The third-order valence-corrected chi connectivity index (χ3v) is 4.01. The van der Waals surface area contributed by atoms with Crippen molar-refractivity contribution < 1.29 is 41.0 Å². The van der Waals surface area contributed by atoms with Crippen molar-refractivity contribution in [1.29, 1.82) is 0 Å². The first-order valence-electron chi connectivity index (χ1n) is 8.16. The van der Waals surface area contributed by atoms with Crippen molar-refractivity contribution in [2.75, 3.05) is 0 Å². The highest BCUT2D eigenvalue weighted by molar-refractivity contribution is 5.97. The summed E-state index contributed by atoms with van der Waals surface area (Å²) in [7, 11) is 0. The molecule has 2 N–H and O–H groups in total. The highest BCUT2D eigenvalue weighted by atomic mass is 19.4. The minimum absolute atomic E-state index is 0.113. The van der Waals surface area contributed by atoms with Gasteiger partial charge in [0, 0.05) is 12.0 Å². The van der Waals surface area contributed by atoms with Gasteiger partial charge in [-0.1, -0.05) is 29.8 Å². The highest BCUT2D eigenvalue weighted by Gasteiger charge is 2.37. The molecule has 0 aliphatic rings. The average molecular weight is 419 g/mol. The Balaban J connectivity index is 2.33. The lowest BCUT2D eigenvalue weighted by Gasteiger charge is -2.17. The van der Waals surface area contributed by atoms with Gasteiger partial charge in [0.05, 0.1) is 11.1 Å². The van der Waals surface area contributed by atoms with E-state index >= 15 is 0 Å². The number of alkyl halides is 6. The first-order chi connectivity index (χ1) is 13.3. The van der Waals surface area contributed by atoms with Crippen LogP contribution in [0.4, 0.5) is 26.3 Å². The Kier molecular flexibility index (Phi) is 6.24. The lowest BCUT2D eigenvalue weighted by atomic mass is 10.0. The number of benzene rings is 2. The molecule has 0 fully saturated rings. The van der Waals surface area contributed by atoms with Crippen LogP contribution in [0.15, 0.2) is 42.5 Å². The third-order valence-electron chi connectivity index (χ3n) is 4.01. The van der Waals surface area contributed by atoms with Gasteiger partial charge in [-0.15, -0.1) is 0 Å². The zero-order chi connectivity index (χ0) is 22.0. The molecule has 29 heavy (non-hydrogen) atoms. The number of carboxylic acids is 1. The molecular weight excluding hydrogens is 404 g/mol. The van der Waals surface area contributed by atoms with Gasteiger partial charge in [0.25, 0.3) is 5.91 Å². The molecule has 4 nitrogen and oxygen atoms in total. The number of carbonyl (C=O) groups excluding carboxylic acids is 1. The summed E-state index contributed by atoms with van der Waals surface area (Å²) in [6, 6.07) is 5.42. The van der Waals surface area contributed by atoms with E-state index in [4.69, 9.17) is 0 Å². The predicted molar refractivity (Wildman–Crippen MR) is 90.2 cm³/mol. The van der Waals surface area contributed by atoms with Gasteiger partial charge in [-0.05, 0) is 30.7 Å². The van der Waals surface area contributed by atoms with Gasteiger partial charge in [0.15, 0.2) is 0 Å². The molecule has 0 radical (unpaired) electrons. The zero-order valence-electron chi connectivity index (χ0n) is 14.9. The van der Waals surface area contributed by atoms with E-state index in [2.05, 4.69) is 0 Å². The van der Waals surface area contributed by atoms with Crippen molar-refractivity contribution >= 4 is 11.9 Å². The van der Waals surface area contributed by atoms with Crippen LogP contribution in [0.2, 0.25) is 0 Å². The predicted octanol–water partition coefficient (Wildman–Crippen LogP) is 4.46. The van der Waals surface area contributed by atoms with Crippen LogP contribution < -0.4 is 5.32 Å². The number of carboxylic acid groups (broad SMARTS) is 1. The highest BCUT2D eigenvalue weighted by Crippen LogP contribution is 2.36. The molecular formula is C19H15F6NO3. The van der Waals surface area contributed by atoms with E-state index in [-0.39, 0.29) is 24.6 Å².